The molecular weight excluding hydrogens is 408 g/mol. The van der Waals surface area contributed by atoms with E-state index < -0.39 is 5.97 Å². The lowest BCUT2D eigenvalue weighted by Gasteiger charge is -2.49. The van der Waals surface area contributed by atoms with Crippen LogP contribution in [-0.2, 0) is 9.53 Å². The molecule has 3 aliphatic rings. The predicted molar refractivity (Wildman–Crippen MR) is 137 cm³/mol. The van der Waals surface area contributed by atoms with Crippen molar-refractivity contribution in [2.24, 2.45) is 40.4 Å². The summed E-state index contributed by atoms with van der Waals surface area (Å²) < 4.78 is 5.93. The largest absolute Gasteiger partial charge is 0.481 e. The minimum Gasteiger partial charge on any atom is -0.481 e. The number of aliphatic carboxylic acids is 1. The summed E-state index contributed by atoms with van der Waals surface area (Å²) in [4.78, 5) is 10.8. The molecule has 2 fully saturated rings. The Labute approximate surface area is 204 Å². The van der Waals surface area contributed by atoms with Crippen LogP contribution in [0.3, 0.4) is 0 Å². The second-order valence-electron chi connectivity index (χ2n) is 12.8. The van der Waals surface area contributed by atoms with E-state index in [0.29, 0.717) is 17.4 Å². The van der Waals surface area contributed by atoms with Crippen molar-refractivity contribution in [3.8, 4) is 0 Å². The lowest BCUT2D eigenvalue weighted by molar-refractivity contribution is -0.138. The summed E-state index contributed by atoms with van der Waals surface area (Å²) in [7, 11) is 0. The van der Waals surface area contributed by atoms with Crippen molar-refractivity contribution in [3.05, 3.63) is 11.6 Å². The molecule has 0 aromatic carbocycles. The fourth-order valence-electron chi connectivity index (χ4n) is 8.09. The molecule has 33 heavy (non-hydrogen) atoms. The number of carboxylic acids is 1. The summed E-state index contributed by atoms with van der Waals surface area (Å²) >= 11 is 0. The zero-order valence-corrected chi connectivity index (χ0v) is 22.5. The van der Waals surface area contributed by atoms with E-state index in [1.54, 1.807) is 5.57 Å². The molecule has 0 aromatic rings. The van der Waals surface area contributed by atoms with Gasteiger partial charge < -0.3 is 9.84 Å². The predicted octanol–water partition coefficient (Wildman–Crippen LogP) is 8.28. The average Bonchev–Trinajstić information content (AvgIpc) is 3.10. The molecule has 3 rings (SSSR count). The van der Waals surface area contributed by atoms with Gasteiger partial charge in [0.05, 0.1) is 19.1 Å². The smallest absolute Gasteiger partial charge is 0.305 e. The van der Waals surface area contributed by atoms with Gasteiger partial charge in [-0.3, -0.25) is 4.79 Å². The van der Waals surface area contributed by atoms with Crippen LogP contribution in [0.2, 0.25) is 0 Å². The van der Waals surface area contributed by atoms with Gasteiger partial charge in [-0.05, 0) is 85.4 Å². The standard InChI is InChI=1S/C30H52O3/c1-7-30(6)26(22(4)10-8-9-21(2)3)13-14-27(30)23-11-12-24-19-25(33-18-16-28(31)32)15-17-29(24,5)20-23/h12,21-23,25-27H,7-11,13-20H2,1-6H3,(H,31,32)/t22-,23?,25+,26-,27+,29-,30-/m1/s1. The van der Waals surface area contributed by atoms with Crippen molar-refractivity contribution in [1.82, 2.24) is 0 Å². The van der Waals surface area contributed by atoms with Gasteiger partial charge in [-0.25, -0.2) is 0 Å². The maximum Gasteiger partial charge on any atom is 0.305 e. The Morgan fingerprint density at radius 3 is 2.61 bits per heavy atom. The zero-order chi connectivity index (χ0) is 24.2. The molecule has 0 aliphatic heterocycles. The molecule has 0 saturated heterocycles. The van der Waals surface area contributed by atoms with E-state index in [1.165, 1.54) is 57.8 Å². The molecule has 0 aromatic heterocycles. The van der Waals surface area contributed by atoms with Crippen molar-refractivity contribution in [3.63, 3.8) is 0 Å². The van der Waals surface area contributed by atoms with E-state index in [-0.39, 0.29) is 12.5 Å². The van der Waals surface area contributed by atoms with Crippen LogP contribution in [0.25, 0.3) is 0 Å². The van der Waals surface area contributed by atoms with Gasteiger partial charge in [0.2, 0.25) is 0 Å². The quantitative estimate of drug-likeness (QED) is 0.315. The highest BCUT2D eigenvalue weighted by molar-refractivity contribution is 5.66. The molecule has 2 saturated carbocycles. The Balaban J connectivity index is 1.62. The van der Waals surface area contributed by atoms with Crippen LogP contribution in [0.4, 0.5) is 0 Å². The molecule has 3 heteroatoms. The molecular formula is C30H52O3. The van der Waals surface area contributed by atoms with Crippen LogP contribution in [0.5, 0.6) is 0 Å². The third kappa shape index (κ3) is 6.24. The number of ether oxygens (including phenoxy) is 1. The van der Waals surface area contributed by atoms with Gasteiger partial charge in [-0.15, -0.1) is 0 Å². The van der Waals surface area contributed by atoms with Crippen molar-refractivity contribution in [2.45, 2.75) is 125 Å². The molecule has 0 amide bonds. The van der Waals surface area contributed by atoms with Gasteiger partial charge in [0, 0.05) is 0 Å². The first kappa shape index (κ1) is 26.8. The summed E-state index contributed by atoms with van der Waals surface area (Å²) in [5.41, 5.74) is 2.41. The van der Waals surface area contributed by atoms with Crippen LogP contribution in [0.15, 0.2) is 11.6 Å². The SMILES string of the molecule is CC[C@]1(C)[C@@H]([C@H](C)CCCC(C)C)CC[C@H]1C1CC=C2C[C@@H](OCCC(=O)O)CC[C@]2(C)C1. The van der Waals surface area contributed by atoms with E-state index >= 15 is 0 Å². The van der Waals surface area contributed by atoms with E-state index in [1.807, 2.05) is 0 Å². The summed E-state index contributed by atoms with van der Waals surface area (Å²) in [5, 5.41) is 8.89. The number of rotatable bonds is 11. The van der Waals surface area contributed by atoms with Crippen LogP contribution < -0.4 is 0 Å². The number of carbonyl (C=O) groups is 1. The minimum absolute atomic E-state index is 0.114. The van der Waals surface area contributed by atoms with Gasteiger partial charge in [0.25, 0.3) is 0 Å². The lowest BCUT2D eigenvalue weighted by Crippen LogP contribution is -2.41. The molecule has 3 aliphatic carbocycles. The molecule has 1 N–H and O–H groups in total. The van der Waals surface area contributed by atoms with E-state index in [2.05, 4.69) is 47.6 Å². The normalized spacial score (nSPS) is 37.6. The molecule has 7 atom stereocenters. The number of allylic oxidation sites excluding steroid dienone is 1. The maximum absolute atomic E-state index is 10.8. The highest BCUT2D eigenvalue weighted by Crippen LogP contribution is 2.60. The van der Waals surface area contributed by atoms with E-state index in [4.69, 9.17) is 9.84 Å². The average molecular weight is 461 g/mol. The number of carboxylic acid groups (broad SMARTS) is 1. The Morgan fingerprint density at radius 1 is 1.18 bits per heavy atom. The fourth-order valence-corrected chi connectivity index (χ4v) is 8.09. The van der Waals surface area contributed by atoms with Crippen molar-refractivity contribution in [2.75, 3.05) is 6.61 Å². The van der Waals surface area contributed by atoms with Gasteiger partial charge in [0.1, 0.15) is 0 Å². The first-order valence-electron chi connectivity index (χ1n) is 14.1. The number of hydrogen-bond donors (Lipinski definition) is 1. The third-order valence-electron chi connectivity index (χ3n) is 10.2. The summed E-state index contributed by atoms with van der Waals surface area (Å²) in [6.07, 6.45) is 17.1. The summed E-state index contributed by atoms with van der Waals surface area (Å²) in [6, 6.07) is 0. The molecule has 0 bridgehead atoms. The van der Waals surface area contributed by atoms with Crippen LogP contribution >= 0.6 is 0 Å². The number of hydrogen-bond acceptors (Lipinski definition) is 2. The molecule has 0 spiro atoms. The highest BCUT2D eigenvalue weighted by Gasteiger charge is 2.51. The maximum atomic E-state index is 10.8. The van der Waals surface area contributed by atoms with Gasteiger partial charge >= 0.3 is 5.97 Å². The molecule has 0 heterocycles. The summed E-state index contributed by atoms with van der Waals surface area (Å²) in [5.74, 6) is 3.48. The third-order valence-corrected chi connectivity index (χ3v) is 10.2. The van der Waals surface area contributed by atoms with Gasteiger partial charge in [-0.2, -0.15) is 0 Å². The van der Waals surface area contributed by atoms with Gasteiger partial charge in [0.15, 0.2) is 0 Å². The van der Waals surface area contributed by atoms with Crippen LogP contribution in [0, 0.1) is 40.4 Å². The minimum atomic E-state index is -0.765. The van der Waals surface area contributed by atoms with Crippen molar-refractivity contribution >= 4 is 5.97 Å². The second kappa shape index (κ2) is 11.3. The molecule has 1 unspecified atom stereocenters. The van der Waals surface area contributed by atoms with Gasteiger partial charge in [-0.1, -0.05) is 78.9 Å². The molecule has 3 nitrogen and oxygen atoms in total. The topological polar surface area (TPSA) is 46.5 Å². The number of fused-ring (bicyclic) bond motifs is 1. The highest BCUT2D eigenvalue weighted by atomic mass is 16.5. The first-order valence-corrected chi connectivity index (χ1v) is 14.1. The first-order chi connectivity index (χ1) is 15.6. The van der Waals surface area contributed by atoms with Crippen molar-refractivity contribution in [1.29, 1.82) is 0 Å². The second-order valence-corrected chi connectivity index (χ2v) is 12.8. The molecule has 190 valence electrons. The molecule has 0 radical (unpaired) electrons. The Bertz CT molecular complexity index is 682. The van der Waals surface area contributed by atoms with E-state index in [9.17, 15) is 4.79 Å². The van der Waals surface area contributed by atoms with E-state index in [0.717, 1.165) is 42.4 Å². The fraction of sp³-hybridized carbons (Fsp3) is 0.900. The van der Waals surface area contributed by atoms with Crippen LogP contribution in [-0.4, -0.2) is 23.8 Å². The van der Waals surface area contributed by atoms with Crippen molar-refractivity contribution < 1.29 is 14.6 Å². The van der Waals surface area contributed by atoms with Crippen LogP contribution in [0.1, 0.15) is 119 Å². The Hall–Kier alpha value is -0.830. The zero-order valence-electron chi connectivity index (χ0n) is 22.5. The Kier molecular flexibility index (Phi) is 9.14. The lowest BCUT2D eigenvalue weighted by atomic mass is 9.56. The monoisotopic (exact) mass is 460 g/mol. The summed E-state index contributed by atoms with van der Waals surface area (Å²) in [6.45, 7) is 15.2. The Morgan fingerprint density at radius 2 is 1.94 bits per heavy atom.